The predicted octanol–water partition coefficient (Wildman–Crippen LogP) is 5.15. The fourth-order valence-electron chi connectivity index (χ4n) is 3.59. The van der Waals surface area contributed by atoms with Gasteiger partial charge in [-0.2, -0.15) is 0 Å². The van der Waals surface area contributed by atoms with Crippen molar-refractivity contribution in [2.24, 2.45) is 5.41 Å². The van der Waals surface area contributed by atoms with Crippen molar-refractivity contribution in [1.29, 1.82) is 0 Å². The Morgan fingerprint density at radius 2 is 1.77 bits per heavy atom. The van der Waals surface area contributed by atoms with Crippen molar-refractivity contribution >= 4 is 30.9 Å². The van der Waals surface area contributed by atoms with Crippen LogP contribution in [-0.4, -0.2) is 32.4 Å². The largest absolute Gasteiger partial charge is 0.362 e. The summed E-state index contributed by atoms with van der Waals surface area (Å²) in [6.45, 7) is 9.90. The number of fused-ring (bicyclic) bond motifs is 1. The van der Waals surface area contributed by atoms with Gasteiger partial charge in [0, 0.05) is 25.1 Å². The average Bonchev–Trinajstić information content (AvgIpc) is 3.04. The Bertz CT molecular complexity index is 910. The van der Waals surface area contributed by atoms with E-state index in [1.165, 1.54) is 17.3 Å². The molecular weight excluding hydrogens is 410 g/mol. The Morgan fingerprint density at radius 3 is 2.47 bits per heavy atom. The van der Waals surface area contributed by atoms with Crippen molar-refractivity contribution in [3.63, 3.8) is 0 Å². The molecule has 0 saturated carbocycles. The fourth-order valence-corrected chi connectivity index (χ4v) is 5.15. The van der Waals surface area contributed by atoms with Gasteiger partial charge < -0.3 is 10.1 Å². The van der Waals surface area contributed by atoms with Gasteiger partial charge in [0.1, 0.15) is 6.73 Å². The number of hydrogen-bond acceptors (Lipinski definition) is 4. The highest BCUT2D eigenvalue weighted by molar-refractivity contribution is 8.14. The minimum absolute atomic E-state index is 0.0290. The number of hydrogen-bond donors (Lipinski definition) is 1. The van der Waals surface area contributed by atoms with Crippen molar-refractivity contribution in [1.82, 2.24) is 5.32 Å². The number of thioether (sulfide) groups is 1. The van der Waals surface area contributed by atoms with E-state index in [1.807, 2.05) is 43.3 Å². The molecule has 0 aliphatic heterocycles. The first-order valence-corrected chi connectivity index (χ1v) is 14.9. The number of carbonyl (C=O) groups is 2. The lowest BCUT2D eigenvalue weighted by Crippen LogP contribution is -2.40. The van der Waals surface area contributed by atoms with Crippen LogP contribution in [0.15, 0.2) is 53.4 Å². The summed E-state index contributed by atoms with van der Waals surface area (Å²) in [7, 11) is -1.12. The van der Waals surface area contributed by atoms with Crippen molar-refractivity contribution < 1.29 is 14.3 Å². The van der Waals surface area contributed by atoms with Crippen LogP contribution in [0.25, 0.3) is 0 Å². The minimum Gasteiger partial charge on any atom is -0.362 e. The Labute approximate surface area is 184 Å². The number of benzene rings is 2. The predicted molar refractivity (Wildman–Crippen MR) is 126 cm³/mol. The van der Waals surface area contributed by atoms with Crippen molar-refractivity contribution in [3.05, 3.63) is 65.2 Å². The molecule has 1 aliphatic rings. The Balaban J connectivity index is 1.55. The molecule has 4 nitrogen and oxygen atoms in total. The van der Waals surface area contributed by atoms with Crippen molar-refractivity contribution in [3.8, 4) is 0 Å². The molecule has 0 fully saturated rings. The number of rotatable bonds is 8. The molecule has 6 heteroatoms. The van der Waals surface area contributed by atoms with E-state index in [0.717, 1.165) is 16.5 Å². The highest BCUT2D eigenvalue weighted by Crippen LogP contribution is 2.39. The molecule has 2 aromatic carbocycles. The maximum absolute atomic E-state index is 12.8. The van der Waals surface area contributed by atoms with Crippen LogP contribution in [0.4, 0.5) is 0 Å². The monoisotopic (exact) mass is 441 g/mol. The molecule has 1 N–H and O–H groups in total. The van der Waals surface area contributed by atoms with E-state index < -0.39 is 13.5 Å². The Hall–Kier alpha value is -1.89. The van der Waals surface area contributed by atoms with Gasteiger partial charge in [-0.1, -0.05) is 63.0 Å². The van der Waals surface area contributed by atoms with Gasteiger partial charge in [-0.05, 0) is 53.9 Å². The lowest BCUT2D eigenvalue weighted by atomic mass is 9.86. The summed E-state index contributed by atoms with van der Waals surface area (Å²) in [5.41, 5.74) is 2.56. The molecule has 3 rings (SSSR count). The van der Waals surface area contributed by atoms with E-state index in [4.69, 9.17) is 4.74 Å². The first kappa shape index (κ1) is 22.8. The van der Waals surface area contributed by atoms with Gasteiger partial charge in [0.25, 0.3) is 0 Å². The molecule has 0 bridgehead atoms. The summed E-state index contributed by atoms with van der Waals surface area (Å²) in [6.07, 6.45) is 1.39. The van der Waals surface area contributed by atoms with Crippen LogP contribution in [0.1, 0.15) is 28.4 Å². The summed E-state index contributed by atoms with van der Waals surface area (Å²) in [4.78, 5) is 26.2. The minimum atomic E-state index is -1.12. The second-order valence-electron chi connectivity index (χ2n) is 9.47. The molecule has 160 valence electrons. The van der Waals surface area contributed by atoms with Crippen LogP contribution in [0, 0.1) is 5.41 Å². The van der Waals surface area contributed by atoms with Gasteiger partial charge in [0.05, 0.1) is 5.41 Å². The zero-order valence-electron chi connectivity index (χ0n) is 18.3. The van der Waals surface area contributed by atoms with E-state index in [9.17, 15) is 9.59 Å². The summed E-state index contributed by atoms with van der Waals surface area (Å²) in [5.74, 6) is 0.0290. The molecule has 0 radical (unpaired) electrons. The van der Waals surface area contributed by atoms with Gasteiger partial charge in [-0.3, -0.25) is 9.59 Å². The third-order valence-electron chi connectivity index (χ3n) is 5.44. The zero-order chi connectivity index (χ0) is 21.8. The Kier molecular flexibility index (Phi) is 7.21. The molecule has 1 unspecified atom stereocenters. The smallest absolute Gasteiger partial charge is 0.228 e. The molecular formula is C24H31NO3SSi. The molecule has 2 aromatic rings. The van der Waals surface area contributed by atoms with Crippen LogP contribution in [0.2, 0.25) is 25.7 Å². The Morgan fingerprint density at radius 1 is 1.07 bits per heavy atom. The topological polar surface area (TPSA) is 55.4 Å². The van der Waals surface area contributed by atoms with E-state index in [2.05, 4.69) is 37.1 Å². The van der Waals surface area contributed by atoms with Crippen LogP contribution >= 0.6 is 11.8 Å². The molecule has 30 heavy (non-hydrogen) atoms. The fraction of sp³-hybridized carbons (Fsp3) is 0.417. The van der Waals surface area contributed by atoms with Gasteiger partial charge in [0.2, 0.25) is 11.0 Å². The van der Waals surface area contributed by atoms with Crippen LogP contribution < -0.4 is 5.32 Å². The van der Waals surface area contributed by atoms with Crippen LogP contribution in [-0.2, 0) is 22.4 Å². The van der Waals surface area contributed by atoms with Gasteiger partial charge in [-0.25, -0.2) is 0 Å². The maximum atomic E-state index is 12.8. The lowest BCUT2D eigenvalue weighted by molar-refractivity contribution is -0.131. The molecule has 1 atom stereocenters. The first-order chi connectivity index (χ1) is 14.2. The van der Waals surface area contributed by atoms with Gasteiger partial charge in [0.15, 0.2) is 0 Å². The van der Waals surface area contributed by atoms with Gasteiger partial charge >= 0.3 is 0 Å². The normalized spacial score (nSPS) is 18.1. The summed E-state index contributed by atoms with van der Waals surface area (Å²) >= 11 is 1.24. The van der Waals surface area contributed by atoms with E-state index in [-0.39, 0.29) is 17.8 Å². The highest BCUT2D eigenvalue weighted by Gasteiger charge is 2.39. The quantitative estimate of drug-likeness (QED) is 0.266. The third kappa shape index (κ3) is 6.06. The standard InChI is InChI=1S/C24H31NO3SSi/c1-24(23(27)25-17-28-12-13-30(2,3)4)15-19-10-11-21(14-20(19)16-24)29-22(26)18-8-6-5-7-9-18/h5-11,14H,12-13,15-17H2,1-4H3,(H,25,27). The summed E-state index contributed by atoms with van der Waals surface area (Å²) in [6, 6.07) is 16.5. The second kappa shape index (κ2) is 9.50. The second-order valence-corrected chi connectivity index (χ2v) is 16.1. The van der Waals surface area contributed by atoms with E-state index >= 15 is 0 Å². The number of nitrogens with one attached hydrogen (secondary N) is 1. The molecule has 0 aromatic heterocycles. The third-order valence-corrected chi connectivity index (χ3v) is 8.05. The number of carbonyl (C=O) groups excluding carboxylic acids is 2. The van der Waals surface area contributed by atoms with E-state index in [1.54, 1.807) is 0 Å². The molecule has 1 amide bonds. The molecule has 0 saturated heterocycles. The molecule has 0 heterocycles. The summed E-state index contributed by atoms with van der Waals surface area (Å²) < 4.78 is 5.63. The molecule has 1 aliphatic carbocycles. The summed E-state index contributed by atoms with van der Waals surface area (Å²) in [5, 5.41) is 2.98. The zero-order valence-corrected chi connectivity index (χ0v) is 20.1. The van der Waals surface area contributed by atoms with E-state index in [0.29, 0.717) is 25.0 Å². The maximum Gasteiger partial charge on any atom is 0.228 e. The first-order valence-electron chi connectivity index (χ1n) is 10.4. The molecule has 0 spiro atoms. The number of ether oxygens (including phenoxy) is 1. The average molecular weight is 442 g/mol. The van der Waals surface area contributed by atoms with Crippen molar-refractivity contribution in [2.75, 3.05) is 13.3 Å². The van der Waals surface area contributed by atoms with Crippen molar-refractivity contribution in [2.45, 2.75) is 50.3 Å². The lowest BCUT2D eigenvalue weighted by Gasteiger charge is -2.23. The highest BCUT2D eigenvalue weighted by atomic mass is 32.2. The van der Waals surface area contributed by atoms with Gasteiger partial charge in [-0.15, -0.1) is 0 Å². The van der Waals surface area contributed by atoms with Crippen LogP contribution in [0.5, 0.6) is 0 Å². The number of amides is 1. The SMILES string of the molecule is CC1(C(=O)NCOCC[Si](C)(C)C)Cc2ccc(SC(=O)c3ccccc3)cc2C1. The van der Waals surface area contributed by atoms with Crippen LogP contribution in [0.3, 0.4) is 0 Å².